The normalized spacial score (nSPS) is 22.9. The molecule has 1 N–H and O–H groups in total. The number of ether oxygens (including phenoxy) is 4. The first-order valence-corrected chi connectivity index (χ1v) is 14.0. The quantitative estimate of drug-likeness (QED) is 0.443. The topological polar surface area (TPSA) is 89.6 Å². The number of amides is 2. The average molecular weight is 554 g/mol. The van der Waals surface area contributed by atoms with Crippen LogP contribution in [0.1, 0.15) is 60.1 Å². The van der Waals surface area contributed by atoms with E-state index < -0.39 is 12.0 Å². The van der Waals surface area contributed by atoms with Crippen molar-refractivity contribution in [3.8, 4) is 23.0 Å². The molecule has 2 heterocycles. The Morgan fingerprint density at radius 3 is 2.12 bits per heavy atom. The summed E-state index contributed by atoms with van der Waals surface area (Å²) in [5.41, 5.74) is 1.80. The van der Waals surface area contributed by atoms with Gasteiger partial charge in [-0.15, -0.1) is 0 Å². The predicted molar refractivity (Wildman–Crippen MR) is 154 cm³/mol. The molecule has 2 aliphatic heterocycles. The first kappa shape index (κ1) is 29.5. The van der Waals surface area contributed by atoms with Gasteiger partial charge in [-0.2, -0.15) is 0 Å². The van der Waals surface area contributed by atoms with Crippen molar-refractivity contribution in [3.05, 3.63) is 47.0 Å². The van der Waals surface area contributed by atoms with Gasteiger partial charge in [-0.25, -0.2) is 0 Å². The molecule has 2 amide bonds. The molecule has 9 nitrogen and oxygen atoms in total. The molecule has 0 bridgehead atoms. The monoisotopic (exact) mass is 553 g/mol. The van der Waals surface area contributed by atoms with Crippen LogP contribution in [0.5, 0.6) is 23.0 Å². The van der Waals surface area contributed by atoms with Gasteiger partial charge in [-0.3, -0.25) is 9.59 Å². The Morgan fingerprint density at radius 2 is 1.50 bits per heavy atom. The number of nitrogens with zero attached hydrogens (tertiary/aromatic N) is 2. The SMILES string of the molecule is COc1ccc([C@@H]2[C@@H](C(=O)NCCCN3C[C@H](C)C[C@H](C)C3)c3cc(OC)c(OC)cc3C(=O)N2C)cc1OC. The van der Waals surface area contributed by atoms with E-state index in [4.69, 9.17) is 18.9 Å². The highest BCUT2D eigenvalue weighted by Gasteiger charge is 2.43. The Balaban J connectivity index is 1.65. The van der Waals surface area contributed by atoms with Crippen LogP contribution >= 0.6 is 0 Å². The van der Waals surface area contributed by atoms with Crippen molar-refractivity contribution in [1.82, 2.24) is 15.1 Å². The van der Waals surface area contributed by atoms with Crippen LogP contribution in [0.4, 0.5) is 0 Å². The fraction of sp³-hybridized carbons (Fsp3) is 0.548. The molecule has 0 spiro atoms. The van der Waals surface area contributed by atoms with Crippen molar-refractivity contribution >= 4 is 11.8 Å². The third-order valence-electron chi connectivity index (χ3n) is 8.10. The molecule has 0 saturated carbocycles. The molecular weight excluding hydrogens is 510 g/mol. The predicted octanol–water partition coefficient (Wildman–Crippen LogP) is 4.12. The molecule has 0 aliphatic carbocycles. The molecule has 0 aromatic heterocycles. The minimum absolute atomic E-state index is 0.145. The number of benzene rings is 2. The fourth-order valence-corrected chi connectivity index (χ4v) is 6.38. The van der Waals surface area contributed by atoms with Gasteiger partial charge in [0.2, 0.25) is 5.91 Å². The largest absolute Gasteiger partial charge is 0.493 e. The first-order valence-electron chi connectivity index (χ1n) is 14.0. The summed E-state index contributed by atoms with van der Waals surface area (Å²) in [6.07, 6.45) is 2.12. The molecule has 4 atom stereocenters. The van der Waals surface area contributed by atoms with Crippen LogP contribution < -0.4 is 24.3 Å². The van der Waals surface area contributed by atoms with Gasteiger partial charge in [-0.1, -0.05) is 19.9 Å². The molecule has 2 aliphatic rings. The van der Waals surface area contributed by atoms with Crippen molar-refractivity contribution in [1.29, 1.82) is 0 Å². The smallest absolute Gasteiger partial charge is 0.254 e. The zero-order valence-corrected chi connectivity index (χ0v) is 24.8. The second kappa shape index (κ2) is 12.8. The van der Waals surface area contributed by atoms with Gasteiger partial charge in [0.1, 0.15) is 0 Å². The van der Waals surface area contributed by atoms with Crippen LogP contribution in [0.15, 0.2) is 30.3 Å². The number of hydrogen-bond acceptors (Lipinski definition) is 7. The van der Waals surface area contributed by atoms with Gasteiger partial charge in [-0.05, 0) is 66.6 Å². The maximum Gasteiger partial charge on any atom is 0.254 e. The van der Waals surface area contributed by atoms with Gasteiger partial charge >= 0.3 is 0 Å². The van der Waals surface area contributed by atoms with Crippen LogP contribution in [0.3, 0.4) is 0 Å². The molecule has 1 fully saturated rings. The summed E-state index contributed by atoms with van der Waals surface area (Å²) in [4.78, 5) is 31.7. The lowest BCUT2D eigenvalue weighted by molar-refractivity contribution is -0.124. The van der Waals surface area contributed by atoms with Crippen molar-refractivity contribution in [3.63, 3.8) is 0 Å². The second-order valence-electron chi connectivity index (χ2n) is 11.1. The molecule has 0 radical (unpaired) electrons. The molecule has 4 rings (SSSR count). The van der Waals surface area contributed by atoms with E-state index in [0.717, 1.165) is 31.6 Å². The number of rotatable bonds is 10. The Morgan fingerprint density at radius 1 is 0.900 bits per heavy atom. The summed E-state index contributed by atoms with van der Waals surface area (Å²) in [6, 6.07) is 8.36. The summed E-state index contributed by atoms with van der Waals surface area (Å²) in [7, 11) is 7.94. The van der Waals surface area contributed by atoms with Crippen LogP contribution in [0, 0.1) is 11.8 Å². The third-order valence-corrected chi connectivity index (χ3v) is 8.10. The van der Waals surface area contributed by atoms with E-state index in [0.29, 0.717) is 52.5 Å². The summed E-state index contributed by atoms with van der Waals surface area (Å²) in [5.74, 6) is 2.38. The van der Waals surface area contributed by atoms with E-state index in [2.05, 4.69) is 24.1 Å². The number of carbonyl (C=O) groups is 2. The highest BCUT2D eigenvalue weighted by atomic mass is 16.5. The maximum absolute atomic E-state index is 14.0. The van der Waals surface area contributed by atoms with E-state index in [9.17, 15) is 9.59 Å². The first-order chi connectivity index (χ1) is 19.2. The molecule has 9 heteroatoms. The van der Waals surface area contributed by atoms with Gasteiger partial charge in [0.25, 0.3) is 5.91 Å². The number of likely N-dealkylation sites (tertiary alicyclic amines) is 1. The molecule has 40 heavy (non-hydrogen) atoms. The molecular formula is C31H43N3O6. The second-order valence-corrected chi connectivity index (χ2v) is 11.1. The van der Waals surface area contributed by atoms with Gasteiger partial charge in [0.05, 0.1) is 40.4 Å². The van der Waals surface area contributed by atoms with E-state index >= 15 is 0 Å². The number of carbonyl (C=O) groups excluding carboxylic acids is 2. The highest BCUT2D eigenvalue weighted by molar-refractivity contribution is 6.02. The van der Waals surface area contributed by atoms with Crippen LogP contribution in [-0.4, -0.2) is 83.3 Å². The summed E-state index contributed by atoms with van der Waals surface area (Å²) >= 11 is 0. The summed E-state index contributed by atoms with van der Waals surface area (Å²) in [5, 5.41) is 3.18. The lowest BCUT2D eigenvalue weighted by Gasteiger charge is -2.40. The Hall–Kier alpha value is -3.46. The van der Waals surface area contributed by atoms with Crippen molar-refractivity contribution in [2.24, 2.45) is 11.8 Å². The number of nitrogens with one attached hydrogen (secondary N) is 1. The van der Waals surface area contributed by atoms with Gasteiger partial charge in [0, 0.05) is 32.2 Å². The lowest BCUT2D eigenvalue weighted by atomic mass is 9.79. The maximum atomic E-state index is 14.0. The average Bonchev–Trinajstić information content (AvgIpc) is 2.95. The van der Waals surface area contributed by atoms with Gasteiger partial charge in [0.15, 0.2) is 23.0 Å². The Labute approximate surface area is 237 Å². The van der Waals surface area contributed by atoms with Crippen molar-refractivity contribution in [2.45, 2.75) is 38.6 Å². The third kappa shape index (κ3) is 5.99. The zero-order chi connectivity index (χ0) is 29.0. The number of piperidine rings is 1. The standard InChI is InChI=1S/C31H43N3O6/c1-19-13-20(2)18-34(17-19)12-8-11-32-30(35)28-22-15-26(39-6)27(40-7)16-23(22)31(36)33(3)29(28)21-9-10-24(37-4)25(14-21)38-5/h9-10,14-16,19-20,28-29H,8,11-13,17-18H2,1-7H3,(H,32,35)/t19-,20+,28-,29+/m0/s1. The number of hydrogen-bond donors (Lipinski definition) is 1. The van der Waals surface area contributed by atoms with E-state index in [1.165, 1.54) is 13.5 Å². The number of fused-ring (bicyclic) bond motifs is 1. The minimum Gasteiger partial charge on any atom is -0.493 e. The van der Waals surface area contributed by atoms with Crippen LogP contribution in [-0.2, 0) is 4.79 Å². The fourth-order valence-electron chi connectivity index (χ4n) is 6.38. The summed E-state index contributed by atoms with van der Waals surface area (Å²) in [6.45, 7) is 8.31. The number of methoxy groups -OCH3 is 4. The van der Waals surface area contributed by atoms with Crippen LogP contribution in [0.25, 0.3) is 0 Å². The van der Waals surface area contributed by atoms with E-state index in [1.807, 2.05) is 12.1 Å². The summed E-state index contributed by atoms with van der Waals surface area (Å²) < 4.78 is 22.0. The van der Waals surface area contributed by atoms with Crippen molar-refractivity contribution < 1.29 is 28.5 Å². The van der Waals surface area contributed by atoms with Crippen LogP contribution in [0.2, 0.25) is 0 Å². The minimum atomic E-state index is -0.675. The molecule has 0 unspecified atom stereocenters. The molecule has 1 saturated heterocycles. The zero-order valence-electron chi connectivity index (χ0n) is 24.8. The lowest BCUT2D eigenvalue weighted by Crippen LogP contribution is -2.46. The Bertz CT molecular complexity index is 1210. The van der Waals surface area contributed by atoms with E-state index in [-0.39, 0.29) is 11.8 Å². The highest BCUT2D eigenvalue weighted by Crippen LogP contribution is 2.46. The molecule has 2 aromatic rings. The Kier molecular flexibility index (Phi) is 9.45. The van der Waals surface area contributed by atoms with Crippen molar-refractivity contribution in [2.75, 3.05) is 61.7 Å². The number of likely N-dealkylation sites (N-methyl/N-ethyl adjacent to an activating group) is 1. The van der Waals surface area contributed by atoms with Gasteiger partial charge < -0.3 is 34.1 Å². The molecule has 218 valence electrons. The van der Waals surface area contributed by atoms with E-state index in [1.54, 1.807) is 51.5 Å². The molecule has 2 aromatic carbocycles.